The predicted molar refractivity (Wildman–Crippen MR) is 106 cm³/mol. The topological polar surface area (TPSA) is 78.5 Å². The molecule has 1 aliphatic rings. The van der Waals surface area contributed by atoms with Gasteiger partial charge in [-0.25, -0.2) is 13.2 Å². The van der Waals surface area contributed by atoms with Crippen molar-refractivity contribution in [3.8, 4) is 0 Å². The molecule has 0 atom stereocenters. The molecule has 1 aliphatic heterocycles. The van der Waals surface area contributed by atoms with Crippen molar-refractivity contribution in [1.29, 1.82) is 0 Å². The summed E-state index contributed by atoms with van der Waals surface area (Å²) in [7, 11) is -3.33. The molecule has 0 fully saturated rings. The summed E-state index contributed by atoms with van der Waals surface area (Å²) in [4.78, 5) is 12.3. The van der Waals surface area contributed by atoms with Crippen LogP contribution in [0.25, 0.3) is 0 Å². The van der Waals surface area contributed by atoms with Gasteiger partial charge in [0.1, 0.15) is 0 Å². The second-order valence-electron chi connectivity index (χ2n) is 6.06. The zero-order valence-corrected chi connectivity index (χ0v) is 16.1. The van der Waals surface area contributed by atoms with E-state index >= 15 is 0 Å². The number of hydrogen-bond donors (Lipinski definition) is 2. The molecule has 2 aromatic carbocycles. The van der Waals surface area contributed by atoms with Gasteiger partial charge >= 0.3 is 6.03 Å². The van der Waals surface area contributed by atoms with Gasteiger partial charge in [0.2, 0.25) is 10.0 Å². The predicted octanol–water partition coefficient (Wildman–Crippen LogP) is 4.00. The highest BCUT2D eigenvalue weighted by Crippen LogP contribution is 2.33. The molecule has 0 radical (unpaired) electrons. The highest BCUT2D eigenvalue weighted by atomic mass is 35.5. The van der Waals surface area contributed by atoms with Crippen LogP contribution in [0.3, 0.4) is 0 Å². The van der Waals surface area contributed by atoms with Crippen LogP contribution >= 0.6 is 11.6 Å². The number of nitrogens with zero attached hydrogens (tertiary/aromatic N) is 1. The second kappa shape index (κ2) is 7.17. The Balaban J connectivity index is 1.78. The van der Waals surface area contributed by atoms with Crippen molar-refractivity contribution in [2.24, 2.45) is 0 Å². The molecule has 0 bridgehead atoms. The first kappa shape index (κ1) is 18.5. The van der Waals surface area contributed by atoms with Crippen molar-refractivity contribution in [3.05, 3.63) is 52.5 Å². The van der Waals surface area contributed by atoms with E-state index in [0.717, 1.165) is 11.1 Å². The number of sulfonamides is 1. The Hall–Kier alpha value is -2.25. The first-order chi connectivity index (χ1) is 12.3. The molecule has 2 N–H and O–H groups in total. The molecular formula is C18H20ClN3O3S. The third-order valence-corrected chi connectivity index (χ3v) is 6.60. The average Bonchev–Trinajstić information content (AvgIpc) is 3.03. The maximum Gasteiger partial charge on any atom is 0.323 e. The van der Waals surface area contributed by atoms with E-state index in [2.05, 4.69) is 10.6 Å². The third kappa shape index (κ3) is 3.64. The van der Waals surface area contributed by atoms with Gasteiger partial charge in [0.05, 0.1) is 11.4 Å². The van der Waals surface area contributed by atoms with E-state index in [9.17, 15) is 13.2 Å². The molecule has 0 spiro atoms. The minimum atomic E-state index is -3.33. The van der Waals surface area contributed by atoms with Crippen LogP contribution in [0, 0.1) is 6.92 Å². The molecule has 8 heteroatoms. The summed E-state index contributed by atoms with van der Waals surface area (Å²) in [5.74, 6) is 0.0403. The molecule has 3 rings (SSSR count). The minimum Gasteiger partial charge on any atom is -0.308 e. The number of halogens is 1. The summed E-state index contributed by atoms with van der Waals surface area (Å²) >= 11 is 6.06. The second-order valence-corrected chi connectivity index (χ2v) is 8.65. The number of urea groups is 1. The fourth-order valence-corrected chi connectivity index (χ4v) is 4.23. The maximum absolute atomic E-state index is 12.3. The van der Waals surface area contributed by atoms with Crippen LogP contribution < -0.4 is 14.9 Å². The summed E-state index contributed by atoms with van der Waals surface area (Å²) in [6, 6.07) is 10.2. The van der Waals surface area contributed by atoms with Gasteiger partial charge in [0, 0.05) is 22.9 Å². The highest BCUT2D eigenvalue weighted by molar-refractivity contribution is 7.92. The van der Waals surface area contributed by atoms with Crippen LogP contribution in [-0.4, -0.2) is 26.7 Å². The molecule has 0 saturated heterocycles. The molecule has 0 aliphatic carbocycles. The van der Waals surface area contributed by atoms with E-state index in [1.807, 2.05) is 13.0 Å². The number of fused-ring (bicyclic) bond motifs is 1. The summed E-state index contributed by atoms with van der Waals surface area (Å²) in [5.41, 5.74) is 3.51. The van der Waals surface area contributed by atoms with Crippen LogP contribution in [0.5, 0.6) is 0 Å². The summed E-state index contributed by atoms with van der Waals surface area (Å²) in [6.07, 6.45) is 0.669. The Kier molecular flexibility index (Phi) is 5.11. The Morgan fingerprint density at radius 3 is 2.73 bits per heavy atom. The Morgan fingerprint density at radius 1 is 1.23 bits per heavy atom. The zero-order chi connectivity index (χ0) is 18.9. The third-order valence-electron chi connectivity index (χ3n) is 4.41. The highest BCUT2D eigenvalue weighted by Gasteiger charge is 2.28. The molecule has 0 aromatic heterocycles. The number of benzene rings is 2. The fraction of sp³-hybridized carbons (Fsp3) is 0.278. The van der Waals surface area contributed by atoms with Crippen molar-refractivity contribution in [3.63, 3.8) is 0 Å². The van der Waals surface area contributed by atoms with Gasteiger partial charge in [-0.05, 0) is 55.7 Å². The number of amides is 2. The first-order valence-corrected chi connectivity index (χ1v) is 10.3. The van der Waals surface area contributed by atoms with Crippen LogP contribution in [0.4, 0.5) is 21.9 Å². The Morgan fingerprint density at radius 2 is 2.00 bits per heavy atom. The summed E-state index contributed by atoms with van der Waals surface area (Å²) < 4.78 is 25.9. The number of hydrogen-bond acceptors (Lipinski definition) is 3. The molecule has 1 heterocycles. The van der Waals surface area contributed by atoms with Gasteiger partial charge in [-0.2, -0.15) is 0 Å². The number of anilines is 3. The van der Waals surface area contributed by atoms with E-state index < -0.39 is 16.1 Å². The molecule has 6 nitrogen and oxygen atoms in total. The number of carbonyl (C=O) groups is 1. The monoisotopic (exact) mass is 393 g/mol. The van der Waals surface area contributed by atoms with Gasteiger partial charge in [-0.15, -0.1) is 0 Å². The molecule has 2 amide bonds. The van der Waals surface area contributed by atoms with Gasteiger partial charge in [-0.3, -0.25) is 4.31 Å². The van der Waals surface area contributed by atoms with Crippen LogP contribution in [0.2, 0.25) is 5.02 Å². The standard InChI is InChI=1S/C18H20ClN3O3S/c1-3-26(24,25)22-10-9-13-7-8-14(11-17(13)22)20-18(23)21-16-6-4-5-15(19)12(16)2/h4-8,11H,3,9-10H2,1-2H3,(H2,20,21,23). The lowest BCUT2D eigenvalue weighted by molar-refractivity contribution is 0.262. The average molecular weight is 394 g/mol. The Labute approximate surface area is 158 Å². The molecule has 26 heavy (non-hydrogen) atoms. The van der Waals surface area contributed by atoms with Crippen molar-refractivity contribution in [1.82, 2.24) is 0 Å². The van der Waals surface area contributed by atoms with Gasteiger partial charge in [0.25, 0.3) is 0 Å². The minimum absolute atomic E-state index is 0.0403. The number of carbonyl (C=O) groups excluding carboxylic acids is 1. The lowest BCUT2D eigenvalue weighted by Gasteiger charge is -2.19. The van der Waals surface area contributed by atoms with E-state index in [0.29, 0.717) is 35.1 Å². The van der Waals surface area contributed by atoms with Gasteiger partial charge < -0.3 is 10.6 Å². The SMILES string of the molecule is CCS(=O)(=O)N1CCc2ccc(NC(=O)Nc3cccc(Cl)c3C)cc21. The quantitative estimate of drug-likeness (QED) is 0.823. The Bertz CT molecular complexity index is 960. The van der Waals surface area contributed by atoms with E-state index in [1.54, 1.807) is 37.3 Å². The molecule has 138 valence electrons. The molecule has 2 aromatic rings. The van der Waals surface area contributed by atoms with Crippen molar-refractivity contribution in [2.45, 2.75) is 20.3 Å². The van der Waals surface area contributed by atoms with Crippen LogP contribution in [-0.2, 0) is 16.4 Å². The lowest BCUT2D eigenvalue weighted by atomic mass is 10.1. The van der Waals surface area contributed by atoms with Crippen LogP contribution in [0.15, 0.2) is 36.4 Å². The maximum atomic E-state index is 12.3. The van der Waals surface area contributed by atoms with Gasteiger partial charge in [-0.1, -0.05) is 23.7 Å². The largest absolute Gasteiger partial charge is 0.323 e. The molecular weight excluding hydrogens is 374 g/mol. The van der Waals surface area contributed by atoms with Crippen molar-refractivity contribution < 1.29 is 13.2 Å². The summed E-state index contributed by atoms with van der Waals surface area (Å²) in [5, 5.41) is 6.07. The smallest absolute Gasteiger partial charge is 0.308 e. The molecule has 0 unspecified atom stereocenters. The van der Waals surface area contributed by atoms with Crippen molar-refractivity contribution in [2.75, 3.05) is 27.2 Å². The lowest BCUT2D eigenvalue weighted by Crippen LogP contribution is -2.30. The van der Waals surface area contributed by atoms with E-state index in [-0.39, 0.29) is 5.75 Å². The summed E-state index contributed by atoms with van der Waals surface area (Å²) in [6.45, 7) is 3.87. The van der Waals surface area contributed by atoms with Gasteiger partial charge in [0.15, 0.2) is 0 Å². The number of nitrogens with one attached hydrogen (secondary N) is 2. The van der Waals surface area contributed by atoms with E-state index in [1.165, 1.54) is 4.31 Å². The molecule has 0 saturated carbocycles. The number of rotatable bonds is 4. The normalized spacial score (nSPS) is 13.4. The fourth-order valence-electron chi connectivity index (χ4n) is 2.90. The van der Waals surface area contributed by atoms with Crippen molar-refractivity contribution >= 4 is 44.7 Å². The first-order valence-electron chi connectivity index (χ1n) is 8.28. The van der Waals surface area contributed by atoms with E-state index in [4.69, 9.17) is 11.6 Å². The zero-order valence-electron chi connectivity index (χ0n) is 14.5. The van der Waals surface area contributed by atoms with Crippen LogP contribution in [0.1, 0.15) is 18.1 Å².